The van der Waals surface area contributed by atoms with E-state index in [2.05, 4.69) is 65.6 Å². The highest BCUT2D eigenvalue weighted by Gasteiger charge is 2.28. The second kappa shape index (κ2) is 7.66. The summed E-state index contributed by atoms with van der Waals surface area (Å²) >= 11 is 2.30. The van der Waals surface area contributed by atoms with E-state index in [-0.39, 0.29) is 11.9 Å². The second-order valence-corrected chi connectivity index (χ2v) is 7.69. The first kappa shape index (κ1) is 17.4. The van der Waals surface area contributed by atoms with Crippen molar-refractivity contribution in [1.82, 2.24) is 9.80 Å². The molecule has 0 aliphatic carbocycles. The summed E-state index contributed by atoms with van der Waals surface area (Å²) in [7, 11) is 0. The molecule has 1 fully saturated rings. The number of carbonyl (C=O) groups excluding carboxylic acids is 1. The van der Waals surface area contributed by atoms with Gasteiger partial charge in [-0.2, -0.15) is 0 Å². The van der Waals surface area contributed by atoms with Gasteiger partial charge in [0.05, 0.1) is 0 Å². The molecule has 1 saturated heterocycles. The van der Waals surface area contributed by atoms with Crippen LogP contribution in [-0.2, 0) is 6.54 Å². The average Bonchev–Trinajstić information content (AvgIpc) is 2.58. The van der Waals surface area contributed by atoms with Crippen LogP contribution < -0.4 is 0 Å². The Bertz CT molecular complexity index is 717. The van der Waals surface area contributed by atoms with Gasteiger partial charge in [-0.1, -0.05) is 30.3 Å². The first-order valence-electron chi connectivity index (χ1n) is 8.38. The van der Waals surface area contributed by atoms with E-state index >= 15 is 0 Å². The molecule has 4 heteroatoms. The van der Waals surface area contributed by atoms with Gasteiger partial charge in [-0.05, 0) is 65.8 Å². The molecule has 0 bridgehead atoms. The van der Waals surface area contributed by atoms with Crippen molar-refractivity contribution in [3.8, 4) is 0 Å². The Balaban J connectivity index is 1.64. The number of piperazine rings is 1. The van der Waals surface area contributed by atoms with Gasteiger partial charge in [0.15, 0.2) is 0 Å². The van der Waals surface area contributed by atoms with Crippen molar-refractivity contribution in [3.05, 3.63) is 68.8 Å². The van der Waals surface area contributed by atoms with E-state index in [4.69, 9.17) is 0 Å². The van der Waals surface area contributed by atoms with Crippen molar-refractivity contribution >= 4 is 28.5 Å². The molecule has 2 aromatic carbocycles. The predicted molar refractivity (Wildman–Crippen MR) is 106 cm³/mol. The Hall–Kier alpha value is -1.40. The Kier molecular flexibility index (Phi) is 5.56. The highest BCUT2D eigenvalue weighted by Crippen LogP contribution is 2.19. The minimum atomic E-state index is 0.154. The van der Waals surface area contributed by atoms with Crippen LogP contribution in [0.15, 0.2) is 48.5 Å². The van der Waals surface area contributed by atoms with Gasteiger partial charge in [0, 0.05) is 41.4 Å². The van der Waals surface area contributed by atoms with Gasteiger partial charge < -0.3 is 4.90 Å². The Morgan fingerprint density at radius 1 is 1.17 bits per heavy atom. The van der Waals surface area contributed by atoms with Gasteiger partial charge in [0.2, 0.25) is 0 Å². The third-order valence-electron chi connectivity index (χ3n) is 4.63. The number of aryl methyl sites for hydroxylation is 1. The molecule has 1 heterocycles. The van der Waals surface area contributed by atoms with E-state index < -0.39 is 0 Å². The monoisotopic (exact) mass is 434 g/mol. The van der Waals surface area contributed by atoms with Gasteiger partial charge in [-0.3, -0.25) is 9.69 Å². The van der Waals surface area contributed by atoms with Crippen LogP contribution in [0.5, 0.6) is 0 Å². The number of nitrogens with zero attached hydrogens (tertiary/aromatic N) is 2. The van der Waals surface area contributed by atoms with Crippen LogP contribution in [0.1, 0.15) is 28.4 Å². The lowest BCUT2D eigenvalue weighted by Crippen LogP contribution is -2.53. The predicted octanol–water partition coefficient (Wildman–Crippen LogP) is 3.95. The van der Waals surface area contributed by atoms with Crippen molar-refractivity contribution < 1.29 is 4.79 Å². The minimum absolute atomic E-state index is 0.154. The van der Waals surface area contributed by atoms with E-state index in [1.165, 1.54) is 9.13 Å². The molecule has 0 radical (unpaired) electrons. The number of hydrogen-bond acceptors (Lipinski definition) is 2. The first-order chi connectivity index (χ1) is 11.5. The van der Waals surface area contributed by atoms with Crippen molar-refractivity contribution in [2.45, 2.75) is 26.4 Å². The zero-order valence-electron chi connectivity index (χ0n) is 14.2. The summed E-state index contributed by atoms with van der Waals surface area (Å²) < 4.78 is 1.20. The second-order valence-electron chi connectivity index (χ2n) is 6.53. The van der Waals surface area contributed by atoms with Crippen LogP contribution in [0.2, 0.25) is 0 Å². The summed E-state index contributed by atoms with van der Waals surface area (Å²) in [5.74, 6) is 0.154. The minimum Gasteiger partial charge on any atom is -0.333 e. The molecule has 0 N–H and O–H groups in total. The normalized spacial score (nSPS) is 18.6. The van der Waals surface area contributed by atoms with Crippen LogP contribution in [0, 0.1) is 10.5 Å². The largest absolute Gasteiger partial charge is 0.333 e. The van der Waals surface area contributed by atoms with Crippen LogP contribution in [0.3, 0.4) is 0 Å². The van der Waals surface area contributed by atoms with Crippen LogP contribution >= 0.6 is 22.6 Å². The van der Waals surface area contributed by atoms with Crippen molar-refractivity contribution in [2.75, 3.05) is 19.6 Å². The van der Waals surface area contributed by atoms with E-state index in [0.717, 1.165) is 37.3 Å². The topological polar surface area (TPSA) is 23.6 Å². The molecule has 1 atom stereocenters. The molecule has 1 aliphatic rings. The molecular formula is C20H23IN2O. The SMILES string of the molecule is Cc1cc(C(=O)N2CCN(Cc3ccccc3)CC2C)ccc1I. The van der Waals surface area contributed by atoms with Crippen LogP contribution in [-0.4, -0.2) is 41.4 Å². The molecule has 3 nitrogen and oxygen atoms in total. The third-order valence-corrected chi connectivity index (χ3v) is 5.84. The highest BCUT2D eigenvalue weighted by atomic mass is 127. The zero-order valence-corrected chi connectivity index (χ0v) is 16.4. The molecule has 1 aliphatic heterocycles. The number of amides is 1. The third kappa shape index (κ3) is 3.98. The van der Waals surface area contributed by atoms with Gasteiger partial charge >= 0.3 is 0 Å². The van der Waals surface area contributed by atoms with Gasteiger partial charge in [-0.15, -0.1) is 0 Å². The maximum Gasteiger partial charge on any atom is 0.254 e. The summed E-state index contributed by atoms with van der Waals surface area (Å²) in [6, 6.07) is 16.7. The molecule has 0 aromatic heterocycles. The molecule has 3 rings (SSSR count). The van der Waals surface area contributed by atoms with Crippen molar-refractivity contribution in [1.29, 1.82) is 0 Å². The highest BCUT2D eigenvalue weighted by molar-refractivity contribution is 14.1. The maximum absolute atomic E-state index is 12.8. The lowest BCUT2D eigenvalue weighted by atomic mass is 10.1. The zero-order chi connectivity index (χ0) is 17.1. The van der Waals surface area contributed by atoms with Crippen LogP contribution in [0.4, 0.5) is 0 Å². The quantitative estimate of drug-likeness (QED) is 0.684. The number of hydrogen-bond donors (Lipinski definition) is 0. The van der Waals surface area contributed by atoms with Crippen LogP contribution in [0.25, 0.3) is 0 Å². The summed E-state index contributed by atoms with van der Waals surface area (Å²) in [6.07, 6.45) is 0. The lowest BCUT2D eigenvalue weighted by molar-refractivity contribution is 0.0475. The maximum atomic E-state index is 12.8. The molecule has 0 saturated carbocycles. The van der Waals surface area contributed by atoms with E-state index in [1.54, 1.807) is 0 Å². The van der Waals surface area contributed by atoms with E-state index in [9.17, 15) is 4.79 Å². The summed E-state index contributed by atoms with van der Waals surface area (Å²) in [5.41, 5.74) is 3.30. The van der Waals surface area contributed by atoms with E-state index in [1.807, 2.05) is 29.2 Å². The fourth-order valence-corrected chi connectivity index (χ4v) is 3.60. The van der Waals surface area contributed by atoms with E-state index in [0.29, 0.717) is 0 Å². The van der Waals surface area contributed by atoms with Crippen molar-refractivity contribution in [3.63, 3.8) is 0 Å². The summed E-state index contributed by atoms with van der Waals surface area (Å²) in [4.78, 5) is 17.3. The first-order valence-corrected chi connectivity index (χ1v) is 9.46. The Labute approximate surface area is 157 Å². The standard InChI is InChI=1S/C20H23IN2O/c1-15-12-18(8-9-19(15)21)20(24)23-11-10-22(13-16(23)2)14-17-6-4-3-5-7-17/h3-9,12,16H,10-11,13-14H2,1-2H3. The number of benzene rings is 2. The number of carbonyl (C=O) groups is 1. The lowest BCUT2D eigenvalue weighted by Gasteiger charge is -2.40. The molecular weight excluding hydrogens is 411 g/mol. The molecule has 24 heavy (non-hydrogen) atoms. The molecule has 1 amide bonds. The fourth-order valence-electron chi connectivity index (χ4n) is 3.26. The van der Waals surface area contributed by atoms with Gasteiger partial charge in [0.1, 0.15) is 0 Å². The average molecular weight is 434 g/mol. The smallest absolute Gasteiger partial charge is 0.254 e. The molecule has 0 spiro atoms. The molecule has 1 unspecified atom stereocenters. The molecule has 2 aromatic rings. The van der Waals surface area contributed by atoms with Gasteiger partial charge in [-0.25, -0.2) is 0 Å². The van der Waals surface area contributed by atoms with Gasteiger partial charge in [0.25, 0.3) is 5.91 Å². The number of halogens is 1. The molecule has 126 valence electrons. The Morgan fingerprint density at radius 3 is 2.58 bits per heavy atom. The Morgan fingerprint density at radius 2 is 1.92 bits per heavy atom. The summed E-state index contributed by atoms with van der Waals surface area (Å²) in [6.45, 7) is 7.79. The fraction of sp³-hybridized carbons (Fsp3) is 0.350. The summed E-state index contributed by atoms with van der Waals surface area (Å²) in [5, 5.41) is 0. The van der Waals surface area contributed by atoms with Crippen molar-refractivity contribution in [2.24, 2.45) is 0 Å². The number of rotatable bonds is 3.